The number of thiol groups is 1. The highest BCUT2D eigenvalue weighted by Gasteiger charge is 2.66. The molecule has 3 unspecified atom stereocenters. The molecular formula is C20H21N3O4S. The van der Waals surface area contributed by atoms with E-state index in [9.17, 15) is 14.9 Å². The normalized spacial score (nSPS) is 33.6. The second-order valence-corrected chi connectivity index (χ2v) is 8.41. The third kappa shape index (κ3) is 2.35. The Labute approximate surface area is 168 Å². The first-order valence-corrected chi connectivity index (χ1v) is 9.50. The number of fused-ring (bicyclic) bond motifs is 2. The first kappa shape index (κ1) is 18.7. The van der Waals surface area contributed by atoms with Crippen LogP contribution in [0.4, 0.5) is 0 Å². The van der Waals surface area contributed by atoms with E-state index in [1.54, 1.807) is 32.1 Å². The number of benzene rings is 1. The second-order valence-electron chi connectivity index (χ2n) is 7.67. The van der Waals surface area contributed by atoms with Crippen molar-refractivity contribution in [3.05, 3.63) is 36.4 Å². The summed E-state index contributed by atoms with van der Waals surface area (Å²) >= 11 is 4.69. The Morgan fingerprint density at radius 3 is 2.79 bits per heavy atom. The van der Waals surface area contributed by atoms with Crippen molar-refractivity contribution in [2.45, 2.75) is 37.2 Å². The number of amides is 2. The fourth-order valence-corrected chi connectivity index (χ4v) is 5.17. The van der Waals surface area contributed by atoms with E-state index in [1.165, 1.54) is 9.80 Å². The number of hydrogen-bond donors (Lipinski definition) is 1. The summed E-state index contributed by atoms with van der Waals surface area (Å²) in [4.78, 5) is 28.2. The summed E-state index contributed by atoms with van der Waals surface area (Å²) in [6.07, 6.45) is 1.71. The molecule has 3 heterocycles. The molecule has 1 aromatic carbocycles. The number of nitrogens with zero attached hydrogens (tertiary/aromatic N) is 3. The molecule has 0 N–H and O–H groups in total. The van der Waals surface area contributed by atoms with Crippen LogP contribution in [0.3, 0.4) is 0 Å². The summed E-state index contributed by atoms with van der Waals surface area (Å²) in [5, 5.41) is 10.0. The van der Waals surface area contributed by atoms with Gasteiger partial charge in [0.2, 0.25) is 12.7 Å². The molecule has 3 aliphatic rings. The quantitative estimate of drug-likeness (QED) is 0.623. The van der Waals surface area contributed by atoms with E-state index in [2.05, 4.69) is 25.3 Å². The van der Waals surface area contributed by atoms with Crippen LogP contribution in [0.25, 0.3) is 0 Å². The van der Waals surface area contributed by atoms with Crippen LogP contribution >= 0.6 is 12.6 Å². The highest BCUT2D eigenvalue weighted by Crippen LogP contribution is 2.58. The highest BCUT2D eigenvalue weighted by atomic mass is 32.1. The molecule has 0 aromatic heterocycles. The van der Waals surface area contributed by atoms with Gasteiger partial charge in [-0.25, -0.2) is 0 Å². The highest BCUT2D eigenvalue weighted by molar-refractivity contribution is 7.82. The van der Waals surface area contributed by atoms with Crippen molar-refractivity contribution in [1.82, 2.24) is 9.80 Å². The Bertz CT molecular complexity index is 929. The van der Waals surface area contributed by atoms with Crippen molar-refractivity contribution < 1.29 is 19.1 Å². The average Bonchev–Trinajstić information content (AvgIpc) is 3.24. The number of ether oxygens (including phenoxy) is 2. The lowest BCUT2D eigenvalue weighted by atomic mass is 9.79. The Kier molecular flexibility index (Phi) is 4.12. The predicted molar refractivity (Wildman–Crippen MR) is 104 cm³/mol. The number of nitriles is 1. The molecule has 0 bridgehead atoms. The molecule has 0 saturated carbocycles. The molecule has 8 heteroatoms. The topological polar surface area (TPSA) is 82.9 Å². The van der Waals surface area contributed by atoms with Gasteiger partial charge in [-0.3, -0.25) is 9.59 Å². The summed E-state index contributed by atoms with van der Waals surface area (Å²) in [6, 6.07) is 6.39. The summed E-state index contributed by atoms with van der Waals surface area (Å²) in [5.74, 6) is 0.654. The van der Waals surface area contributed by atoms with Crippen molar-refractivity contribution >= 4 is 24.4 Å². The fourth-order valence-electron chi connectivity index (χ4n) is 4.50. The molecule has 0 radical (unpaired) electrons. The molecule has 0 spiro atoms. The van der Waals surface area contributed by atoms with Gasteiger partial charge in [0.15, 0.2) is 16.4 Å². The lowest BCUT2D eigenvalue weighted by Crippen LogP contribution is -2.66. The zero-order valence-corrected chi connectivity index (χ0v) is 16.6. The van der Waals surface area contributed by atoms with Crippen LogP contribution in [-0.2, 0) is 9.59 Å². The van der Waals surface area contributed by atoms with E-state index in [0.717, 1.165) is 5.56 Å². The van der Waals surface area contributed by atoms with Gasteiger partial charge in [0, 0.05) is 13.0 Å². The molecule has 7 nitrogen and oxygen atoms in total. The van der Waals surface area contributed by atoms with E-state index in [4.69, 9.17) is 9.47 Å². The van der Waals surface area contributed by atoms with Crippen LogP contribution < -0.4 is 9.47 Å². The molecule has 1 aromatic rings. The van der Waals surface area contributed by atoms with Crippen molar-refractivity contribution in [2.75, 3.05) is 13.3 Å². The Hall–Kier alpha value is -2.66. The second kappa shape index (κ2) is 6.17. The van der Waals surface area contributed by atoms with E-state index in [0.29, 0.717) is 11.5 Å². The molecule has 2 fully saturated rings. The summed E-state index contributed by atoms with van der Waals surface area (Å²) in [6.45, 7) is 7.51. The molecule has 3 aliphatic heterocycles. The van der Waals surface area contributed by atoms with Crippen molar-refractivity contribution in [1.29, 1.82) is 5.26 Å². The van der Waals surface area contributed by atoms with Crippen LogP contribution in [0.1, 0.15) is 31.9 Å². The van der Waals surface area contributed by atoms with Crippen molar-refractivity contribution in [3.63, 3.8) is 0 Å². The Morgan fingerprint density at radius 1 is 1.39 bits per heavy atom. The molecular weight excluding hydrogens is 378 g/mol. The van der Waals surface area contributed by atoms with Gasteiger partial charge in [0.1, 0.15) is 6.04 Å². The molecule has 4 atom stereocenters. The molecule has 2 saturated heterocycles. The van der Waals surface area contributed by atoms with Crippen LogP contribution in [-0.4, -0.2) is 45.9 Å². The summed E-state index contributed by atoms with van der Waals surface area (Å²) in [5.41, 5.74) is -0.278. The predicted octanol–water partition coefficient (Wildman–Crippen LogP) is 2.26. The van der Waals surface area contributed by atoms with Crippen LogP contribution in [0, 0.1) is 16.7 Å². The largest absolute Gasteiger partial charge is 0.454 e. The maximum absolute atomic E-state index is 13.3. The van der Waals surface area contributed by atoms with Crippen LogP contribution in [0.2, 0.25) is 0 Å². The summed E-state index contributed by atoms with van der Waals surface area (Å²) < 4.78 is 10.8. The molecule has 2 amide bonds. The average molecular weight is 399 g/mol. The van der Waals surface area contributed by atoms with Gasteiger partial charge in [-0.2, -0.15) is 5.26 Å². The monoisotopic (exact) mass is 399 g/mol. The molecule has 0 aliphatic carbocycles. The van der Waals surface area contributed by atoms with Gasteiger partial charge in [-0.05, 0) is 31.5 Å². The Balaban J connectivity index is 1.85. The van der Waals surface area contributed by atoms with Gasteiger partial charge in [0.25, 0.3) is 5.91 Å². The van der Waals surface area contributed by atoms with E-state index >= 15 is 0 Å². The number of piperazine rings is 1. The van der Waals surface area contributed by atoms with Crippen molar-refractivity contribution in [3.8, 4) is 17.6 Å². The SMILES string of the molecule is C=CCN1C(=O)C2(S)C[C@](C)(C#N)C(c3ccc4c(c3)OCO4)N2C(=O)C1C. The number of carbonyl (C=O) groups is 2. The number of carbonyl (C=O) groups excluding carboxylic acids is 2. The minimum absolute atomic E-state index is 0.129. The first-order chi connectivity index (χ1) is 13.3. The molecule has 146 valence electrons. The van der Waals surface area contributed by atoms with E-state index in [1.807, 2.05) is 6.07 Å². The maximum Gasteiger partial charge on any atom is 0.259 e. The van der Waals surface area contributed by atoms with Gasteiger partial charge in [-0.15, -0.1) is 19.2 Å². The van der Waals surface area contributed by atoms with Gasteiger partial charge in [0.05, 0.1) is 17.5 Å². The first-order valence-electron chi connectivity index (χ1n) is 9.05. The molecule has 28 heavy (non-hydrogen) atoms. The van der Waals surface area contributed by atoms with Gasteiger partial charge < -0.3 is 19.3 Å². The lowest BCUT2D eigenvalue weighted by molar-refractivity contribution is -0.162. The fraction of sp³-hybridized carbons (Fsp3) is 0.450. The molecule has 4 rings (SSSR count). The Morgan fingerprint density at radius 2 is 2.11 bits per heavy atom. The van der Waals surface area contributed by atoms with Crippen LogP contribution in [0.5, 0.6) is 11.5 Å². The lowest BCUT2D eigenvalue weighted by Gasteiger charge is -2.47. The smallest absolute Gasteiger partial charge is 0.259 e. The zero-order chi connectivity index (χ0) is 20.3. The zero-order valence-electron chi connectivity index (χ0n) is 15.7. The minimum Gasteiger partial charge on any atom is -0.454 e. The van der Waals surface area contributed by atoms with E-state index < -0.39 is 22.4 Å². The minimum atomic E-state index is -1.39. The third-order valence-corrected chi connectivity index (χ3v) is 6.40. The summed E-state index contributed by atoms with van der Waals surface area (Å²) in [7, 11) is 0. The van der Waals surface area contributed by atoms with Crippen molar-refractivity contribution in [2.24, 2.45) is 5.41 Å². The van der Waals surface area contributed by atoms with Gasteiger partial charge in [-0.1, -0.05) is 12.1 Å². The number of rotatable bonds is 3. The third-order valence-electron chi connectivity index (χ3n) is 5.83. The van der Waals surface area contributed by atoms with Gasteiger partial charge >= 0.3 is 0 Å². The number of hydrogen-bond acceptors (Lipinski definition) is 6. The van der Waals surface area contributed by atoms with E-state index in [-0.39, 0.29) is 31.6 Å². The van der Waals surface area contributed by atoms with Crippen LogP contribution in [0.15, 0.2) is 30.9 Å². The standard InChI is InChI=1S/C20H21N3O4S/c1-4-7-22-12(2)17(24)23-16(13-5-6-14-15(8-13)27-11-26-14)19(3,10-21)9-20(23,28)18(22)25/h4-6,8,12,16,28H,1,7,9,11H2,2-3H3/t12?,16?,19-,20?/m1/s1. The maximum atomic E-state index is 13.3.